The molecule has 2 aromatic rings. The average molecular weight is 517 g/mol. The highest BCUT2D eigenvalue weighted by Crippen LogP contribution is 2.40. The van der Waals surface area contributed by atoms with E-state index in [0.29, 0.717) is 22.6 Å². The van der Waals surface area contributed by atoms with Crippen LogP contribution >= 0.6 is 0 Å². The van der Waals surface area contributed by atoms with E-state index in [-0.39, 0.29) is 10.8 Å². The molecule has 0 atom stereocenters. The molecule has 11 heteroatoms. The van der Waals surface area contributed by atoms with Crippen molar-refractivity contribution in [3.8, 4) is 34.8 Å². The van der Waals surface area contributed by atoms with Gasteiger partial charge in [0.25, 0.3) is 8.32 Å². The summed E-state index contributed by atoms with van der Waals surface area (Å²) in [6.07, 6.45) is 0. The molecule has 2 rings (SSSR count). The van der Waals surface area contributed by atoms with Gasteiger partial charge in [0.1, 0.15) is 5.75 Å². The van der Waals surface area contributed by atoms with Crippen molar-refractivity contribution in [1.29, 1.82) is 0 Å². The van der Waals surface area contributed by atoms with Crippen molar-refractivity contribution in [2.24, 2.45) is 0 Å². The molecule has 2 aromatic carbocycles. The first-order valence-electron chi connectivity index (χ1n) is 10.1. The maximum absolute atomic E-state index is 12.6. The molecule has 0 aliphatic rings. The molecule has 0 amide bonds. The molecule has 0 heterocycles. The fourth-order valence-electron chi connectivity index (χ4n) is 2.39. The van der Waals surface area contributed by atoms with Gasteiger partial charge in [0.2, 0.25) is 0 Å². The molecular formula is C23H27F3O6SSi. The van der Waals surface area contributed by atoms with Crippen LogP contribution in [-0.4, -0.2) is 36.5 Å². The van der Waals surface area contributed by atoms with Gasteiger partial charge in [-0.25, -0.2) is 0 Å². The lowest BCUT2D eigenvalue weighted by atomic mass is 10.1. The smallest absolute Gasteiger partial charge is 0.534 e. The minimum Gasteiger partial charge on any atom is -0.541 e. The van der Waals surface area contributed by atoms with Gasteiger partial charge in [-0.2, -0.15) is 21.6 Å². The molecule has 6 nitrogen and oxygen atoms in total. The summed E-state index contributed by atoms with van der Waals surface area (Å²) in [5.41, 5.74) is -4.57. The van der Waals surface area contributed by atoms with Crippen molar-refractivity contribution >= 4 is 18.4 Å². The molecule has 0 aromatic heterocycles. The van der Waals surface area contributed by atoms with Crippen LogP contribution in [0, 0.1) is 11.8 Å². The molecular weight excluding hydrogens is 489 g/mol. The second-order valence-corrected chi connectivity index (χ2v) is 15.1. The first-order chi connectivity index (χ1) is 15.5. The van der Waals surface area contributed by atoms with Crippen LogP contribution in [0.3, 0.4) is 0 Å². The number of hydrogen-bond donors (Lipinski definition) is 0. The SMILES string of the molecule is COc1ccc(C#Cc2ccc(OS(=O)(=O)C(F)(F)F)c(OC)c2)cc1O[Si](C)(C)C(C)(C)C. The van der Waals surface area contributed by atoms with Crippen molar-refractivity contribution in [3.63, 3.8) is 0 Å². The van der Waals surface area contributed by atoms with Crippen molar-refractivity contribution in [2.75, 3.05) is 14.2 Å². The zero-order chi connectivity index (χ0) is 25.9. The van der Waals surface area contributed by atoms with E-state index in [1.54, 1.807) is 25.3 Å². The Bertz CT molecular complexity index is 1210. The van der Waals surface area contributed by atoms with Gasteiger partial charge in [-0.1, -0.05) is 32.6 Å². The highest BCUT2D eigenvalue weighted by Gasteiger charge is 2.49. The van der Waals surface area contributed by atoms with Crippen LogP contribution in [0.1, 0.15) is 31.9 Å². The minimum atomic E-state index is -5.83. The van der Waals surface area contributed by atoms with Crippen LogP contribution in [0.25, 0.3) is 0 Å². The summed E-state index contributed by atoms with van der Waals surface area (Å²) in [5, 5.41) is -0.0281. The lowest BCUT2D eigenvalue weighted by molar-refractivity contribution is -0.0500. The molecule has 0 saturated carbocycles. The van der Waals surface area contributed by atoms with Crippen LogP contribution in [-0.2, 0) is 10.1 Å². The van der Waals surface area contributed by atoms with Gasteiger partial charge in [0.15, 0.2) is 17.2 Å². The average Bonchev–Trinajstić information content (AvgIpc) is 2.71. The summed E-state index contributed by atoms with van der Waals surface area (Å²) >= 11 is 0. The molecule has 0 radical (unpaired) electrons. The Hall–Kier alpha value is -2.84. The van der Waals surface area contributed by atoms with Gasteiger partial charge in [-0.15, -0.1) is 0 Å². The third kappa shape index (κ3) is 6.39. The van der Waals surface area contributed by atoms with Crippen molar-refractivity contribution in [2.45, 2.75) is 44.4 Å². The quantitative estimate of drug-likeness (QED) is 0.212. The molecule has 0 spiro atoms. The van der Waals surface area contributed by atoms with Crippen molar-refractivity contribution in [3.05, 3.63) is 47.5 Å². The highest BCUT2D eigenvalue weighted by atomic mass is 32.2. The lowest BCUT2D eigenvalue weighted by Gasteiger charge is -2.36. The normalized spacial score (nSPS) is 12.4. The van der Waals surface area contributed by atoms with Gasteiger partial charge in [0, 0.05) is 11.1 Å². The van der Waals surface area contributed by atoms with E-state index in [2.05, 4.69) is 49.9 Å². The molecule has 0 unspecified atom stereocenters. The Morgan fingerprint density at radius 1 is 0.794 bits per heavy atom. The van der Waals surface area contributed by atoms with Crippen LogP contribution in [0.5, 0.6) is 23.0 Å². The molecule has 0 saturated heterocycles. The number of methoxy groups -OCH3 is 2. The van der Waals surface area contributed by atoms with Gasteiger partial charge in [-0.3, -0.25) is 0 Å². The predicted octanol–water partition coefficient (Wildman–Crippen LogP) is 5.72. The second-order valence-electron chi connectivity index (χ2n) is 8.83. The summed E-state index contributed by atoms with van der Waals surface area (Å²) < 4.78 is 81.3. The van der Waals surface area contributed by atoms with E-state index < -0.39 is 29.7 Å². The molecule has 0 fully saturated rings. The van der Waals surface area contributed by atoms with E-state index in [1.807, 2.05) is 0 Å². The fraction of sp³-hybridized carbons (Fsp3) is 0.391. The van der Waals surface area contributed by atoms with Crippen LogP contribution < -0.4 is 18.1 Å². The zero-order valence-electron chi connectivity index (χ0n) is 20.0. The van der Waals surface area contributed by atoms with Crippen LogP contribution in [0.15, 0.2) is 36.4 Å². The molecule has 0 aliphatic heterocycles. The van der Waals surface area contributed by atoms with E-state index in [0.717, 1.165) is 6.07 Å². The Morgan fingerprint density at radius 2 is 1.26 bits per heavy atom. The van der Waals surface area contributed by atoms with Crippen LogP contribution in [0.2, 0.25) is 18.1 Å². The third-order valence-corrected chi connectivity index (χ3v) is 10.6. The zero-order valence-corrected chi connectivity index (χ0v) is 21.8. The summed E-state index contributed by atoms with van der Waals surface area (Å²) in [7, 11) is -5.25. The molecule has 0 aliphatic carbocycles. The topological polar surface area (TPSA) is 71.1 Å². The molecule has 34 heavy (non-hydrogen) atoms. The van der Waals surface area contributed by atoms with Crippen LogP contribution in [0.4, 0.5) is 13.2 Å². The maximum atomic E-state index is 12.6. The maximum Gasteiger partial charge on any atom is 0.534 e. The van der Waals surface area contributed by atoms with E-state index in [9.17, 15) is 21.6 Å². The summed E-state index contributed by atoms with van der Waals surface area (Å²) in [6.45, 7) is 10.6. The number of benzene rings is 2. The van der Waals surface area contributed by atoms with Crippen molar-refractivity contribution in [1.82, 2.24) is 0 Å². The van der Waals surface area contributed by atoms with E-state index in [4.69, 9.17) is 13.9 Å². The molecule has 0 bridgehead atoms. The van der Waals surface area contributed by atoms with Gasteiger partial charge in [0.05, 0.1) is 14.2 Å². The number of ether oxygens (including phenoxy) is 2. The van der Waals surface area contributed by atoms with E-state index >= 15 is 0 Å². The van der Waals surface area contributed by atoms with Crippen molar-refractivity contribution < 1.29 is 39.7 Å². The largest absolute Gasteiger partial charge is 0.541 e. The molecule has 186 valence electrons. The Labute approximate surface area is 199 Å². The fourth-order valence-corrected chi connectivity index (χ4v) is 3.87. The second kappa shape index (κ2) is 9.80. The highest BCUT2D eigenvalue weighted by molar-refractivity contribution is 7.88. The Kier molecular flexibility index (Phi) is 7.90. The first kappa shape index (κ1) is 27.4. The Morgan fingerprint density at radius 3 is 1.71 bits per heavy atom. The predicted molar refractivity (Wildman–Crippen MR) is 125 cm³/mol. The summed E-state index contributed by atoms with van der Waals surface area (Å²) in [5.74, 6) is 6.16. The minimum absolute atomic E-state index is 0.0281. The first-order valence-corrected chi connectivity index (χ1v) is 14.4. The van der Waals surface area contributed by atoms with Gasteiger partial charge < -0.3 is 18.1 Å². The number of rotatable bonds is 6. The van der Waals surface area contributed by atoms with Gasteiger partial charge in [-0.05, 0) is 54.5 Å². The number of halogens is 3. The third-order valence-electron chi connectivity index (χ3n) is 5.33. The monoisotopic (exact) mass is 516 g/mol. The van der Waals surface area contributed by atoms with E-state index in [1.165, 1.54) is 19.2 Å². The standard InChI is InChI=1S/C23H27F3O6SSi/c1-22(2,3)34(6,7)32-21-15-17(10-12-18(21)29-4)9-8-16-11-13-19(20(14-16)30-5)31-33(27,28)23(24,25)26/h10-15H,1-7H3. The number of alkyl halides is 3. The Balaban J connectivity index is 2.37. The molecule has 0 N–H and O–H groups in total. The summed E-state index contributed by atoms with van der Waals surface area (Å²) in [4.78, 5) is 0. The summed E-state index contributed by atoms with van der Waals surface area (Å²) in [6, 6.07) is 8.90. The number of hydrogen-bond acceptors (Lipinski definition) is 6. The van der Waals surface area contributed by atoms with Gasteiger partial charge >= 0.3 is 15.6 Å². The lowest BCUT2D eigenvalue weighted by Crippen LogP contribution is -2.43.